The highest BCUT2D eigenvalue weighted by Gasteiger charge is 2.04. The number of rotatable bonds is 0. The molecule has 0 radical (unpaired) electrons. The van der Waals surface area contributed by atoms with Gasteiger partial charge in [0, 0.05) is 4.47 Å². The molecule has 0 aliphatic rings. The van der Waals surface area contributed by atoms with Crippen LogP contribution in [0.4, 0.5) is 0 Å². The minimum Gasteiger partial charge on any atom is -0.243 e. The molecule has 2 aromatic rings. The summed E-state index contributed by atoms with van der Waals surface area (Å²) in [5, 5.41) is 7.45. The van der Waals surface area contributed by atoms with Crippen molar-refractivity contribution in [3.8, 4) is 0 Å². The van der Waals surface area contributed by atoms with Gasteiger partial charge in [-0.15, -0.1) is 0 Å². The molecule has 1 heterocycles. The van der Waals surface area contributed by atoms with E-state index in [1.54, 1.807) is 0 Å². The Morgan fingerprint density at radius 3 is 3.00 bits per heavy atom. The largest absolute Gasteiger partial charge is 0.243 e. The molecule has 0 atom stereocenters. The minimum absolute atomic E-state index is 0.774. The van der Waals surface area contributed by atoms with Crippen LogP contribution in [-0.2, 0) is 0 Å². The summed E-state index contributed by atoms with van der Waals surface area (Å²) in [7, 11) is 0. The van der Waals surface area contributed by atoms with Gasteiger partial charge in [0.1, 0.15) is 11.0 Å². The lowest BCUT2D eigenvalue weighted by Gasteiger charge is -1.91. The Morgan fingerprint density at radius 1 is 1.36 bits per heavy atom. The summed E-state index contributed by atoms with van der Waals surface area (Å²) in [6, 6.07) is 3.91. The van der Waals surface area contributed by atoms with Crippen LogP contribution in [-0.4, -0.2) is 10.3 Å². The molecular weight excluding hydrogens is 208 g/mol. The number of fused-ring (bicyclic) bond motifs is 1. The Kier molecular flexibility index (Phi) is 1.42. The lowest BCUT2D eigenvalue weighted by atomic mass is 10.2. The third kappa shape index (κ3) is 1.03. The van der Waals surface area contributed by atoms with Gasteiger partial charge < -0.3 is 0 Å². The Hall–Kier alpha value is -0.900. The molecular formula is C7H5BrN2O. The fraction of sp³-hybridized carbons (Fsp3) is 0.143. The zero-order chi connectivity index (χ0) is 7.84. The summed E-state index contributed by atoms with van der Waals surface area (Å²) in [6.45, 7) is 2.00. The number of halogens is 1. The van der Waals surface area contributed by atoms with E-state index in [9.17, 15) is 0 Å². The van der Waals surface area contributed by atoms with Crippen molar-refractivity contribution in [1.82, 2.24) is 10.3 Å². The highest BCUT2D eigenvalue weighted by Crippen LogP contribution is 2.22. The zero-order valence-electron chi connectivity index (χ0n) is 5.84. The molecule has 0 saturated carbocycles. The first-order valence-electron chi connectivity index (χ1n) is 3.16. The zero-order valence-corrected chi connectivity index (χ0v) is 7.42. The fourth-order valence-electron chi connectivity index (χ4n) is 0.981. The van der Waals surface area contributed by atoms with Crippen LogP contribution in [0.2, 0.25) is 0 Å². The van der Waals surface area contributed by atoms with Gasteiger partial charge in [-0.2, -0.15) is 0 Å². The molecule has 56 valence electrons. The molecule has 0 saturated heterocycles. The van der Waals surface area contributed by atoms with Gasteiger partial charge in [-0.3, -0.25) is 0 Å². The molecule has 0 aliphatic heterocycles. The van der Waals surface area contributed by atoms with Gasteiger partial charge in [0.05, 0.1) is 0 Å². The monoisotopic (exact) mass is 212 g/mol. The molecule has 1 aromatic heterocycles. The summed E-state index contributed by atoms with van der Waals surface area (Å²) in [5.41, 5.74) is 2.70. The number of benzene rings is 1. The van der Waals surface area contributed by atoms with Crippen molar-refractivity contribution in [2.75, 3.05) is 0 Å². The second kappa shape index (κ2) is 2.30. The average Bonchev–Trinajstić information content (AvgIpc) is 2.34. The first-order valence-corrected chi connectivity index (χ1v) is 3.95. The van der Waals surface area contributed by atoms with E-state index in [0.29, 0.717) is 0 Å². The molecule has 0 fully saturated rings. The number of aryl methyl sites for hydroxylation is 1. The summed E-state index contributed by atoms with van der Waals surface area (Å²) in [4.78, 5) is 0. The van der Waals surface area contributed by atoms with Crippen molar-refractivity contribution < 1.29 is 4.63 Å². The van der Waals surface area contributed by atoms with Crippen molar-refractivity contribution in [1.29, 1.82) is 0 Å². The summed E-state index contributed by atoms with van der Waals surface area (Å²) in [5.74, 6) is 0. The van der Waals surface area contributed by atoms with Crippen LogP contribution in [0, 0.1) is 6.92 Å². The van der Waals surface area contributed by atoms with Crippen molar-refractivity contribution >= 4 is 27.0 Å². The number of hydrogen-bond donors (Lipinski definition) is 0. The van der Waals surface area contributed by atoms with E-state index >= 15 is 0 Å². The standard InChI is InChI=1S/C7H5BrN2O/c1-4-2-5(8)7-6(3-4)9-11-10-7/h2-3H,1H3. The van der Waals surface area contributed by atoms with Gasteiger partial charge in [-0.25, -0.2) is 4.63 Å². The molecule has 1 aromatic carbocycles. The van der Waals surface area contributed by atoms with Crippen LogP contribution in [0.25, 0.3) is 11.0 Å². The van der Waals surface area contributed by atoms with Crippen LogP contribution in [0.15, 0.2) is 21.2 Å². The van der Waals surface area contributed by atoms with Gasteiger partial charge in [0.2, 0.25) is 0 Å². The van der Waals surface area contributed by atoms with E-state index in [1.807, 2.05) is 19.1 Å². The van der Waals surface area contributed by atoms with Gasteiger partial charge in [0.25, 0.3) is 0 Å². The highest BCUT2D eigenvalue weighted by atomic mass is 79.9. The Morgan fingerprint density at radius 2 is 2.18 bits per heavy atom. The topological polar surface area (TPSA) is 38.9 Å². The molecule has 0 bridgehead atoms. The number of nitrogens with zero attached hydrogens (tertiary/aromatic N) is 2. The number of hydrogen-bond acceptors (Lipinski definition) is 3. The second-order valence-corrected chi connectivity index (χ2v) is 3.23. The maximum absolute atomic E-state index is 4.57. The first kappa shape index (κ1) is 6.79. The first-order chi connectivity index (χ1) is 5.27. The smallest absolute Gasteiger partial charge is 0.149 e. The summed E-state index contributed by atoms with van der Waals surface area (Å²) < 4.78 is 5.50. The van der Waals surface area contributed by atoms with Gasteiger partial charge in [0.15, 0.2) is 0 Å². The maximum atomic E-state index is 4.57. The Bertz CT molecular complexity index is 396. The van der Waals surface area contributed by atoms with Gasteiger partial charge in [-0.05, 0) is 50.9 Å². The van der Waals surface area contributed by atoms with Crippen LogP contribution in [0.3, 0.4) is 0 Å². The molecule has 0 aliphatic carbocycles. The third-order valence-corrected chi connectivity index (χ3v) is 2.06. The second-order valence-electron chi connectivity index (χ2n) is 2.38. The summed E-state index contributed by atoms with van der Waals surface area (Å²) in [6.07, 6.45) is 0. The van der Waals surface area contributed by atoms with Crippen LogP contribution in [0.1, 0.15) is 5.56 Å². The molecule has 0 N–H and O–H groups in total. The quantitative estimate of drug-likeness (QED) is 0.673. The fourth-order valence-corrected chi connectivity index (χ4v) is 1.62. The molecule has 0 spiro atoms. The van der Waals surface area contributed by atoms with E-state index in [-0.39, 0.29) is 0 Å². The van der Waals surface area contributed by atoms with Crippen molar-refractivity contribution in [3.05, 3.63) is 22.2 Å². The highest BCUT2D eigenvalue weighted by molar-refractivity contribution is 9.10. The number of aromatic nitrogens is 2. The predicted molar refractivity (Wildman–Crippen MR) is 44.2 cm³/mol. The van der Waals surface area contributed by atoms with E-state index in [4.69, 9.17) is 0 Å². The maximum Gasteiger partial charge on any atom is 0.149 e. The molecule has 0 unspecified atom stereocenters. The summed E-state index contributed by atoms with van der Waals surface area (Å²) >= 11 is 3.36. The molecule has 0 amide bonds. The normalized spacial score (nSPS) is 10.7. The molecule has 3 nitrogen and oxygen atoms in total. The van der Waals surface area contributed by atoms with E-state index in [2.05, 4.69) is 30.9 Å². The van der Waals surface area contributed by atoms with Crippen molar-refractivity contribution in [2.45, 2.75) is 6.92 Å². The van der Waals surface area contributed by atoms with Crippen molar-refractivity contribution in [2.24, 2.45) is 0 Å². The molecule has 4 heteroatoms. The Balaban J connectivity index is 2.91. The van der Waals surface area contributed by atoms with Crippen LogP contribution >= 0.6 is 15.9 Å². The van der Waals surface area contributed by atoms with Crippen LogP contribution < -0.4 is 0 Å². The minimum atomic E-state index is 0.774. The predicted octanol–water partition coefficient (Wildman–Crippen LogP) is 2.29. The third-order valence-electron chi connectivity index (χ3n) is 1.46. The molecule has 11 heavy (non-hydrogen) atoms. The SMILES string of the molecule is Cc1cc(Br)c2nonc2c1. The average molecular weight is 213 g/mol. The lowest BCUT2D eigenvalue weighted by molar-refractivity contribution is 0.315. The van der Waals surface area contributed by atoms with Gasteiger partial charge in [-0.1, -0.05) is 0 Å². The van der Waals surface area contributed by atoms with E-state index in [0.717, 1.165) is 21.1 Å². The Labute approximate surface area is 71.5 Å². The molecule has 2 rings (SSSR count). The lowest BCUT2D eigenvalue weighted by Crippen LogP contribution is -1.75. The van der Waals surface area contributed by atoms with E-state index < -0.39 is 0 Å². The van der Waals surface area contributed by atoms with Gasteiger partial charge >= 0.3 is 0 Å². The van der Waals surface area contributed by atoms with Crippen LogP contribution in [0.5, 0.6) is 0 Å². The van der Waals surface area contributed by atoms with E-state index in [1.165, 1.54) is 0 Å². The van der Waals surface area contributed by atoms with Crippen molar-refractivity contribution in [3.63, 3.8) is 0 Å².